The molecule has 0 N–H and O–H groups in total. The van der Waals surface area contributed by atoms with Gasteiger partial charge >= 0.3 is 0 Å². The van der Waals surface area contributed by atoms with E-state index in [1.807, 2.05) is 64.1 Å². The summed E-state index contributed by atoms with van der Waals surface area (Å²) in [6, 6.07) is 5.77. The number of benzene rings is 1. The Hall–Kier alpha value is -2.49. The third-order valence-electron chi connectivity index (χ3n) is 4.11. The molecule has 0 atom stereocenters. The topological polar surface area (TPSA) is 40.5 Å². The first-order valence-corrected chi connectivity index (χ1v) is 8.10. The Bertz CT molecular complexity index is 913. The molecule has 4 nitrogen and oxygen atoms in total. The second kappa shape index (κ2) is 5.86. The SMILES string of the molecule is CC(C)=CCOc1ccc2c3c(c(=O)n(C)c2c1)C=CC(C)(C)O3. The number of fused-ring (bicyclic) bond motifs is 3. The fourth-order valence-corrected chi connectivity index (χ4v) is 2.75. The Morgan fingerprint density at radius 2 is 2.08 bits per heavy atom. The van der Waals surface area contributed by atoms with E-state index >= 15 is 0 Å². The number of rotatable bonds is 3. The molecule has 0 saturated carbocycles. The molecule has 0 saturated heterocycles. The maximum atomic E-state index is 12.6. The summed E-state index contributed by atoms with van der Waals surface area (Å²) in [6.45, 7) is 8.54. The van der Waals surface area contributed by atoms with Gasteiger partial charge in [-0.05, 0) is 58.1 Å². The van der Waals surface area contributed by atoms with E-state index < -0.39 is 5.60 Å². The Morgan fingerprint density at radius 3 is 2.79 bits per heavy atom. The van der Waals surface area contributed by atoms with Crippen molar-refractivity contribution in [3.8, 4) is 11.5 Å². The summed E-state index contributed by atoms with van der Waals surface area (Å²) in [5.74, 6) is 1.39. The minimum Gasteiger partial charge on any atom is -0.489 e. The highest BCUT2D eigenvalue weighted by molar-refractivity contribution is 5.90. The van der Waals surface area contributed by atoms with Gasteiger partial charge in [-0.1, -0.05) is 5.57 Å². The fraction of sp³-hybridized carbons (Fsp3) is 0.350. The highest BCUT2D eigenvalue weighted by Gasteiger charge is 2.26. The molecule has 0 bridgehead atoms. The van der Waals surface area contributed by atoms with Crippen LogP contribution in [0.4, 0.5) is 0 Å². The lowest BCUT2D eigenvalue weighted by atomic mass is 10.0. The van der Waals surface area contributed by atoms with Crippen molar-refractivity contribution in [3.05, 3.63) is 51.8 Å². The van der Waals surface area contributed by atoms with E-state index in [4.69, 9.17) is 9.47 Å². The van der Waals surface area contributed by atoms with Crippen LogP contribution in [-0.2, 0) is 7.05 Å². The van der Waals surface area contributed by atoms with Gasteiger partial charge in [0.25, 0.3) is 5.56 Å². The first-order valence-electron chi connectivity index (χ1n) is 8.10. The van der Waals surface area contributed by atoms with Crippen LogP contribution in [0, 0.1) is 0 Å². The quantitative estimate of drug-likeness (QED) is 0.799. The lowest BCUT2D eigenvalue weighted by Crippen LogP contribution is -2.31. The molecule has 1 aromatic heterocycles. The van der Waals surface area contributed by atoms with E-state index in [9.17, 15) is 4.79 Å². The van der Waals surface area contributed by atoms with Crippen molar-refractivity contribution in [3.63, 3.8) is 0 Å². The highest BCUT2D eigenvalue weighted by atomic mass is 16.5. The van der Waals surface area contributed by atoms with Crippen molar-refractivity contribution in [2.24, 2.45) is 7.05 Å². The van der Waals surface area contributed by atoms with Gasteiger partial charge in [0.1, 0.15) is 23.7 Å². The number of aryl methyl sites for hydroxylation is 1. The van der Waals surface area contributed by atoms with Crippen molar-refractivity contribution >= 4 is 17.0 Å². The molecule has 0 radical (unpaired) electrons. The molecular formula is C20H23NO3. The van der Waals surface area contributed by atoms with Gasteiger partial charge in [0.2, 0.25) is 0 Å². The van der Waals surface area contributed by atoms with Gasteiger partial charge in [0.15, 0.2) is 0 Å². The number of hydrogen-bond acceptors (Lipinski definition) is 3. The second-order valence-corrected chi connectivity index (χ2v) is 6.92. The predicted molar refractivity (Wildman–Crippen MR) is 97.9 cm³/mol. The summed E-state index contributed by atoms with van der Waals surface area (Å²) in [5.41, 5.74) is 2.12. The average Bonchev–Trinajstić information content (AvgIpc) is 2.51. The lowest BCUT2D eigenvalue weighted by Gasteiger charge is -2.29. The average molecular weight is 325 g/mol. The number of pyridine rings is 1. The van der Waals surface area contributed by atoms with Crippen LogP contribution in [0.15, 0.2) is 40.7 Å². The molecule has 2 heterocycles. The van der Waals surface area contributed by atoms with Crippen LogP contribution in [0.1, 0.15) is 33.3 Å². The first-order chi connectivity index (χ1) is 11.3. The van der Waals surface area contributed by atoms with Crippen LogP contribution in [-0.4, -0.2) is 16.8 Å². The molecule has 1 aliphatic rings. The standard InChI is InChI=1S/C20H23NO3/c1-13(2)9-11-23-14-6-7-15-17(12-14)21(5)19(22)16-8-10-20(3,4)24-18(15)16/h6-10,12H,11H2,1-5H3. The van der Waals surface area contributed by atoms with E-state index in [0.29, 0.717) is 17.9 Å². The van der Waals surface area contributed by atoms with E-state index in [0.717, 1.165) is 16.7 Å². The van der Waals surface area contributed by atoms with Gasteiger partial charge in [-0.3, -0.25) is 4.79 Å². The molecule has 1 aromatic carbocycles. The minimum absolute atomic E-state index is 0.0642. The number of ether oxygens (including phenoxy) is 2. The number of allylic oxidation sites excluding steroid dienone is 1. The Labute approximate surface area is 142 Å². The van der Waals surface area contributed by atoms with Crippen LogP contribution < -0.4 is 15.0 Å². The van der Waals surface area contributed by atoms with Crippen molar-refractivity contribution in [2.75, 3.05) is 6.61 Å². The molecule has 1 aliphatic heterocycles. The summed E-state index contributed by atoms with van der Waals surface area (Å²) >= 11 is 0. The van der Waals surface area contributed by atoms with Gasteiger partial charge in [-0.2, -0.15) is 0 Å². The molecule has 3 rings (SSSR count). The number of aromatic nitrogens is 1. The summed E-state index contributed by atoms with van der Waals surface area (Å²) in [7, 11) is 1.78. The maximum Gasteiger partial charge on any atom is 0.261 e. The third kappa shape index (κ3) is 2.96. The van der Waals surface area contributed by atoms with Crippen LogP contribution in [0.2, 0.25) is 0 Å². The van der Waals surface area contributed by atoms with E-state index in [1.54, 1.807) is 11.6 Å². The van der Waals surface area contributed by atoms with Gasteiger partial charge < -0.3 is 14.0 Å². The fourth-order valence-electron chi connectivity index (χ4n) is 2.75. The lowest BCUT2D eigenvalue weighted by molar-refractivity contribution is 0.161. The van der Waals surface area contributed by atoms with E-state index in [1.165, 1.54) is 5.57 Å². The highest BCUT2D eigenvalue weighted by Crippen LogP contribution is 2.36. The molecular weight excluding hydrogens is 302 g/mol. The predicted octanol–water partition coefficient (Wildman–Crippen LogP) is 4.07. The molecule has 2 aromatic rings. The zero-order valence-corrected chi connectivity index (χ0v) is 14.8. The molecule has 0 fully saturated rings. The second-order valence-electron chi connectivity index (χ2n) is 6.92. The van der Waals surface area contributed by atoms with Gasteiger partial charge in [0.05, 0.1) is 11.1 Å². The van der Waals surface area contributed by atoms with Gasteiger partial charge in [0, 0.05) is 18.5 Å². The van der Waals surface area contributed by atoms with Crippen LogP contribution >= 0.6 is 0 Å². The minimum atomic E-state index is -0.426. The molecule has 4 heteroatoms. The maximum absolute atomic E-state index is 12.6. The first kappa shape index (κ1) is 16.4. The summed E-state index contributed by atoms with van der Waals surface area (Å²) in [4.78, 5) is 12.6. The zero-order valence-electron chi connectivity index (χ0n) is 14.8. The van der Waals surface area contributed by atoms with E-state index in [2.05, 4.69) is 0 Å². The van der Waals surface area contributed by atoms with Crippen LogP contribution in [0.5, 0.6) is 11.5 Å². The summed E-state index contributed by atoms with van der Waals surface area (Å²) in [5, 5.41) is 0.916. The largest absolute Gasteiger partial charge is 0.489 e. The Morgan fingerprint density at radius 1 is 1.33 bits per heavy atom. The van der Waals surface area contributed by atoms with Crippen molar-refractivity contribution in [1.29, 1.82) is 0 Å². The van der Waals surface area contributed by atoms with Crippen molar-refractivity contribution < 1.29 is 9.47 Å². The van der Waals surface area contributed by atoms with Crippen LogP contribution in [0.25, 0.3) is 17.0 Å². The van der Waals surface area contributed by atoms with Crippen molar-refractivity contribution in [1.82, 2.24) is 4.57 Å². The number of nitrogens with zero attached hydrogens (tertiary/aromatic N) is 1. The normalized spacial score (nSPS) is 14.9. The summed E-state index contributed by atoms with van der Waals surface area (Å²) < 4.78 is 13.5. The molecule has 0 unspecified atom stereocenters. The van der Waals surface area contributed by atoms with E-state index in [-0.39, 0.29) is 5.56 Å². The molecule has 0 amide bonds. The monoisotopic (exact) mass is 325 g/mol. The smallest absolute Gasteiger partial charge is 0.261 e. The Kier molecular flexibility index (Phi) is 3.99. The Balaban J connectivity index is 2.12. The summed E-state index contributed by atoms with van der Waals surface area (Å²) in [6.07, 6.45) is 5.80. The third-order valence-corrected chi connectivity index (χ3v) is 4.11. The van der Waals surface area contributed by atoms with Gasteiger partial charge in [-0.25, -0.2) is 0 Å². The number of hydrogen-bond donors (Lipinski definition) is 0. The zero-order chi connectivity index (χ0) is 17.5. The molecule has 0 spiro atoms. The molecule has 24 heavy (non-hydrogen) atoms. The van der Waals surface area contributed by atoms with Crippen LogP contribution in [0.3, 0.4) is 0 Å². The van der Waals surface area contributed by atoms with Crippen molar-refractivity contribution in [2.45, 2.75) is 33.3 Å². The van der Waals surface area contributed by atoms with Gasteiger partial charge in [-0.15, -0.1) is 0 Å². The molecule has 126 valence electrons. The molecule has 0 aliphatic carbocycles.